The average molecular weight is 494 g/mol. The van der Waals surface area contributed by atoms with Crippen molar-refractivity contribution in [2.45, 2.75) is 24.1 Å². The van der Waals surface area contributed by atoms with Crippen LogP contribution < -0.4 is 14.8 Å². The molecule has 0 bridgehead atoms. The number of likely N-dealkylation sites (tertiary alicyclic amines) is 1. The Morgan fingerprint density at radius 1 is 1.14 bits per heavy atom. The predicted molar refractivity (Wildman–Crippen MR) is 132 cm³/mol. The molecule has 35 heavy (non-hydrogen) atoms. The molecule has 1 spiro atoms. The van der Waals surface area contributed by atoms with E-state index in [2.05, 4.69) is 5.32 Å². The van der Waals surface area contributed by atoms with Crippen LogP contribution in [-0.4, -0.2) is 42.5 Å². The molecule has 1 amide bonds. The van der Waals surface area contributed by atoms with E-state index >= 15 is 0 Å². The number of rotatable bonds is 6. The molecule has 180 valence electrons. The molecular formula is C26H24ClN3O5. The Morgan fingerprint density at radius 2 is 1.89 bits per heavy atom. The molecule has 5 rings (SSSR count). The summed E-state index contributed by atoms with van der Waals surface area (Å²) in [5.41, 5.74) is 1.38. The number of ether oxygens (including phenoxy) is 2. The Kier molecular flexibility index (Phi) is 5.86. The number of carbonyl (C=O) groups excluding carboxylic acids is 1. The molecule has 2 heterocycles. The second-order valence-electron chi connectivity index (χ2n) is 8.77. The van der Waals surface area contributed by atoms with Gasteiger partial charge in [0, 0.05) is 33.3 Å². The fourth-order valence-corrected chi connectivity index (χ4v) is 5.58. The van der Waals surface area contributed by atoms with Crippen molar-refractivity contribution in [1.29, 1.82) is 0 Å². The van der Waals surface area contributed by atoms with Gasteiger partial charge in [0.2, 0.25) is 0 Å². The largest absolute Gasteiger partial charge is 0.493 e. The number of nitro groups is 1. The highest BCUT2D eigenvalue weighted by Crippen LogP contribution is 2.52. The third-order valence-corrected chi connectivity index (χ3v) is 7.37. The molecule has 3 aromatic carbocycles. The number of benzene rings is 3. The highest BCUT2D eigenvalue weighted by atomic mass is 35.5. The lowest BCUT2D eigenvalue weighted by atomic mass is 9.79. The maximum absolute atomic E-state index is 13.3. The summed E-state index contributed by atoms with van der Waals surface area (Å²) >= 11 is 6.23. The van der Waals surface area contributed by atoms with Crippen LogP contribution in [0.25, 0.3) is 0 Å². The Labute approximate surface area is 207 Å². The molecule has 0 saturated carbocycles. The van der Waals surface area contributed by atoms with E-state index in [-0.39, 0.29) is 17.4 Å². The summed E-state index contributed by atoms with van der Waals surface area (Å²) in [5.74, 6) is 0.0332. The fraction of sp³-hybridized carbons (Fsp3) is 0.269. The Balaban J connectivity index is 1.50. The minimum atomic E-state index is -1.39. The van der Waals surface area contributed by atoms with Gasteiger partial charge in [-0.15, -0.1) is 0 Å². The predicted octanol–water partition coefficient (Wildman–Crippen LogP) is 4.45. The van der Waals surface area contributed by atoms with Crippen LogP contribution in [0.3, 0.4) is 0 Å². The van der Waals surface area contributed by atoms with Gasteiger partial charge in [-0.05, 0) is 36.9 Å². The van der Waals surface area contributed by atoms with Gasteiger partial charge in [0.1, 0.15) is 6.61 Å². The van der Waals surface area contributed by atoms with Crippen molar-refractivity contribution in [2.24, 2.45) is 0 Å². The number of hydrogen-bond donors (Lipinski definition) is 1. The Hall–Kier alpha value is -3.62. The van der Waals surface area contributed by atoms with Crippen LogP contribution in [0.4, 0.5) is 5.69 Å². The number of hydrogen-bond acceptors (Lipinski definition) is 6. The van der Waals surface area contributed by atoms with Gasteiger partial charge < -0.3 is 14.8 Å². The number of fused-ring (bicyclic) bond motifs is 2. The molecule has 0 aliphatic carbocycles. The van der Waals surface area contributed by atoms with Gasteiger partial charge in [0.15, 0.2) is 17.0 Å². The van der Waals surface area contributed by atoms with Crippen LogP contribution in [0.15, 0.2) is 66.7 Å². The number of nitrogens with zero attached hydrogens (tertiary/aromatic N) is 2. The Bertz CT molecular complexity index is 1320. The molecule has 3 aromatic rings. The van der Waals surface area contributed by atoms with E-state index in [1.165, 1.54) is 7.11 Å². The third-order valence-electron chi connectivity index (χ3n) is 7.00. The zero-order chi connectivity index (χ0) is 24.7. The minimum Gasteiger partial charge on any atom is -0.493 e. The number of para-hydroxylation sites is 1. The summed E-state index contributed by atoms with van der Waals surface area (Å²) in [6, 6.07) is 18.7. The number of amides is 1. The lowest BCUT2D eigenvalue weighted by molar-refractivity contribution is -0.534. The summed E-state index contributed by atoms with van der Waals surface area (Å²) in [6.07, 6.45) is 0. The van der Waals surface area contributed by atoms with E-state index in [4.69, 9.17) is 21.1 Å². The lowest BCUT2D eigenvalue weighted by Crippen LogP contribution is -2.54. The molecule has 0 aromatic heterocycles. The topological polar surface area (TPSA) is 93.9 Å². The standard InChI is InChI=1S/C26H24ClN3O5/c1-29-14-18(24(30(32)33)26(29)19-8-4-6-10-21(19)28-25(26)31)16-11-12-22(23(13-16)34-2)35-15-17-7-3-5-9-20(17)27/h3-13,18,24H,14-15H2,1-2H3,(H,28,31)/t18-,24-,26+/m0/s1. The van der Waals surface area contributed by atoms with Gasteiger partial charge in [-0.1, -0.05) is 54.1 Å². The first-order valence-corrected chi connectivity index (χ1v) is 11.6. The van der Waals surface area contributed by atoms with E-state index in [0.29, 0.717) is 39.9 Å². The van der Waals surface area contributed by atoms with Crippen molar-refractivity contribution in [2.75, 3.05) is 26.0 Å². The van der Waals surface area contributed by atoms with E-state index in [1.807, 2.05) is 18.2 Å². The minimum absolute atomic E-state index is 0.249. The number of carbonyl (C=O) groups is 1. The normalized spacial score (nSPS) is 23.2. The molecule has 9 heteroatoms. The van der Waals surface area contributed by atoms with E-state index in [9.17, 15) is 14.9 Å². The van der Waals surface area contributed by atoms with Crippen LogP contribution in [0.1, 0.15) is 22.6 Å². The summed E-state index contributed by atoms with van der Waals surface area (Å²) in [7, 11) is 3.28. The molecule has 0 radical (unpaired) electrons. The van der Waals surface area contributed by atoms with Gasteiger partial charge in [0.25, 0.3) is 11.9 Å². The van der Waals surface area contributed by atoms with Gasteiger partial charge in [-0.25, -0.2) is 0 Å². The quantitative estimate of drug-likeness (QED) is 0.403. The summed E-state index contributed by atoms with van der Waals surface area (Å²) in [5, 5.41) is 15.9. The maximum Gasteiger partial charge on any atom is 0.256 e. The van der Waals surface area contributed by atoms with Crippen molar-refractivity contribution >= 4 is 23.2 Å². The lowest BCUT2D eigenvalue weighted by Gasteiger charge is -2.30. The fourth-order valence-electron chi connectivity index (χ4n) is 5.39. The maximum atomic E-state index is 13.3. The third kappa shape index (κ3) is 3.61. The highest BCUT2D eigenvalue weighted by Gasteiger charge is 2.68. The molecule has 0 unspecified atom stereocenters. The zero-order valence-electron chi connectivity index (χ0n) is 19.2. The van der Waals surface area contributed by atoms with Crippen LogP contribution in [-0.2, 0) is 16.9 Å². The molecule has 3 atom stereocenters. The molecular weight excluding hydrogens is 470 g/mol. The first-order chi connectivity index (χ1) is 16.9. The van der Waals surface area contributed by atoms with Gasteiger partial charge in [-0.3, -0.25) is 19.8 Å². The van der Waals surface area contributed by atoms with Crippen LogP contribution in [0.2, 0.25) is 5.02 Å². The van der Waals surface area contributed by atoms with E-state index in [0.717, 1.165) is 5.56 Å². The van der Waals surface area contributed by atoms with Crippen molar-refractivity contribution in [1.82, 2.24) is 4.90 Å². The van der Waals surface area contributed by atoms with Gasteiger partial charge in [0.05, 0.1) is 13.0 Å². The number of likely N-dealkylation sites (N-methyl/N-ethyl adjacent to an activating group) is 1. The Morgan fingerprint density at radius 3 is 2.63 bits per heavy atom. The number of methoxy groups -OCH3 is 1. The number of halogens is 1. The summed E-state index contributed by atoms with van der Waals surface area (Å²) in [4.78, 5) is 27.2. The van der Waals surface area contributed by atoms with E-state index in [1.54, 1.807) is 60.5 Å². The van der Waals surface area contributed by atoms with Gasteiger partial charge >= 0.3 is 0 Å². The first kappa shape index (κ1) is 23.1. The van der Waals surface area contributed by atoms with Crippen molar-refractivity contribution in [3.05, 3.63) is 98.6 Å². The SMILES string of the molecule is COc1cc([C@@H]2CN(C)[C@@]3(C(=O)Nc4ccccc43)[C@H]2[N+](=O)[O-])ccc1OCc1ccccc1Cl. The summed E-state index contributed by atoms with van der Waals surface area (Å²) < 4.78 is 11.5. The number of anilines is 1. The average Bonchev–Trinajstić information content (AvgIpc) is 3.33. The molecule has 2 aliphatic rings. The number of nitrogens with one attached hydrogen (secondary N) is 1. The monoisotopic (exact) mass is 493 g/mol. The molecule has 8 nitrogen and oxygen atoms in total. The second kappa shape index (κ2) is 8.87. The van der Waals surface area contributed by atoms with Crippen LogP contribution in [0, 0.1) is 10.1 Å². The molecule has 2 aliphatic heterocycles. The van der Waals surface area contributed by atoms with Crippen molar-refractivity contribution in [3.8, 4) is 11.5 Å². The molecule has 1 N–H and O–H groups in total. The first-order valence-electron chi connectivity index (χ1n) is 11.2. The highest BCUT2D eigenvalue weighted by molar-refractivity contribution is 6.31. The zero-order valence-corrected chi connectivity index (χ0v) is 20.0. The second-order valence-corrected chi connectivity index (χ2v) is 9.18. The van der Waals surface area contributed by atoms with E-state index < -0.39 is 17.5 Å². The van der Waals surface area contributed by atoms with Gasteiger partial charge in [-0.2, -0.15) is 0 Å². The van der Waals surface area contributed by atoms with Crippen molar-refractivity contribution in [3.63, 3.8) is 0 Å². The molecule has 1 fully saturated rings. The van der Waals surface area contributed by atoms with Crippen molar-refractivity contribution < 1.29 is 19.2 Å². The molecule has 1 saturated heterocycles. The van der Waals surface area contributed by atoms with Crippen LogP contribution in [0.5, 0.6) is 11.5 Å². The smallest absolute Gasteiger partial charge is 0.256 e. The van der Waals surface area contributed by atoms with Crippen LogP contribution >= 0.6 is 11.6 Å². The summed E-state index contributed by atoms with van der Waals surface area (Å²) in [6.45, 7) is 0.579.